The Morgan fingerprint density at radius 2 is 1.72 bits per heavy atom. The number of benzene rings is 3. The van der Waals surface area contributed by atoms with Gasteiger partial charge >= 0.3 is 5.92 Å². The average Bonchev–Trinajstić information content (AvgIpc) is 3.48. The third-order valence-corrected chi connectivity index (χ3v) is 6.85. The van der Waals surface area contributed by atoms with Gasteiger partial charge in [-0.2, -0.15) is 13.9 Å². The molecule has 1 N–H and O–H groups in total. The van der Waals surface area contributed by atoms with Crippen LogP contribution in [-0.2, 0) is 9.59 Å². The normalized spacial score (nSPS) is 19.0. The summed E-state index contributed by atoms with van der Waals surface area (Å²) in [6.07, 6.45) is 1.45. The van der Waals surface area contributed by atoms with Crippen molar-refractivity contribution < 1.29 is 32.2 Å². The van der Waals surface area contributed by atoms with Crippen LogP contribution in [0.15, 0.2) is 66.9 Å². The molecule has 0 radical (unpaired) electrons. The van der Waals surface area contributed by atoms with Crippen LogP contribution in [0.4, 0.5) is 18.9 Å². The van der Waals surface area contributed by atoms with Crippen molar-refractivity contribution in [3.05, 3.63) is 78.2 Å². The van der Waals surface area contributed by atoms with E-state index >= 15 is 0 Å². The lowest BCUT2D eigenvalue weighted by Gasteiger charge is -2.30. The number of alkyl halides is 2. The highest BCUT2D eigenvalue weighted by Crippen LogP contribution is 2.42. The number of rotatable bonds is 5. The van der Waals surface area contributed by atoms with Gasteiger partial charge in [-0.3, -0.25) is 9.59 Å². The molecule has 0 bridgehead atoms. The smallest absolute Gasteiger partial charge is 0.321 e. The number of fused-ring (bicyclic) bond motifs is 2. The number of anilines is 1. The number of hydrogen-bond donors (Lipinski definition) is 1. The molecule has 1 saturated heterocycles. The molecule has 39 heavy (non-hydrogen) atoms. The van der Waals surface area contributed by atoms with Crippen molar-refractivity contribution in [3.63, 3.8) is 0 Å². The molecule has 8 nitrogen and oxygen atoms in total. The van der Waals surface area contributed by atoms with E-state index in [1.807, 2.05) is 0 Å². The lowest BCUT2D eigenvalue weighted by atomic mass is 9.98. The van der Waals surface area contributed by atoms with Gasteiger partial charge in [-0.15, -0.1) is 0 Å². The van der Waals surface area contributed by atoms with Crippen LogP contribution >= 0.6 is 0 Å². The Hall–Kier alpha value is -4.54. The second-order valence-electron chi connectivity index (χ2n) is 9.56. The molecule has 1 aromatic heterocycles. The highest BCUT2D eigenvalue weighted by molar-refractivity contribution is 6.00. The van der Waals surface area contributed by atoms with Crippen molar-refractivity contribution in [1.82, 2.24) is 15.1 Å². The summed E-state index contributed by atoms with van der Waals surface area (Å²) in [4.78, 5) is 27.1. The quantitative estimate of drug-likeness (QED) is 0.405. The fraction of sp³-hybridized carbons (Fsp3) is 0.250. The number of halogens is 3. The highest BCUT2D eigenvalue weighted by Gasteiger charge is 2.45. The van der Waals surface area contributed by atoms with Crippen molar-refractivity contribution in [2.24, 2.45) is 0 Å². The molecule has 2 atom stereocenters. The molecule has 0 aliphatic carbocycles. The number of nitrogens with zero attached hydrogens (tertiary/aromatic N) is 3. The van der Waals surface area contributed by atoms with Gasteiger partial charge in [0.15, 0.2) is 11.5 Å². The van der Waals surface area contributed by atoms with Gasteiger partial charge < -0.3 is 19.7 Å². The lowest BCUT2D eigenvalue weighted by Crippen LogP contribution is -2.46. The van der Waals surface area contributed by atoms with Crippen molar-refractivity contribution in [2.75, 3.05) is 18.1 Å². The Bertz CT molecular complexity index is 1580. The minimum Gasteiger partial charge on any atom is -0.486 e. The zero-order valence-corrected chi connectivity index (χ0v) is 20.7. The molecule has 3 heterocycles. The van der Waals surface area contributed by atoms with Crippen LogP contribution in [0.3, 0.4) is 0 Å². The lowest BCUT2D eigenvalue weighted by molar-refractivity contribution is -0.143. The molecule has 2 aliphatic rings. The molecule has 1 fully saturated rings. The summed E-state index contributed by atoms with van der Waals surface area (Å²) in [5, 5.41) is 7.49. The SMILES string of the molecule is CC(F)(F)C(=O)NC1CC(=O)N(c2ccc3c(cnn3-c3ccc(F)cc3)c2)C1c1ccc2c(c1)OCCO2. The summed E-state index contributed by atoms with van der Waals surface area (Å²) in [7, 11) is 0. The van der Waals surface area contributed by atoms with Crippen molar-refractivity contribution in [1.29, 1.82) is 0 Å². The van der Waals surface area contributed by atoms with Gasteiger partial charge in [-0.1, -0.05) is 6.07 Å². The third kappa shape index (κ3) is 4.53. The molecule has 3 aromatic carbocycles. The predicted octanol–water partition coefficient (Wildman–Crippen LogP) is 4.55. The summed E-state index contributed by atoms with van der Waals surface area (Å²) in [5.74, 6) is -4.76. The van der Waals surface area contributed by atoms with E-state index in [0.717, 1.165) is 5.52 Å². The van der Waals surface area contributed by atoms with E-state index in [0.29, 0.717) is 54.0 Å². The molecule has 2 aliphatic heterocycles. The van der Waals surface area contributed by atoms with Gasteiger partial charge in [0, 0.05) is 24.4 Å². The molecular formula is C28H23F3N4O4. The van der Waals surface area contributed by atoms with Gasteiger partial charge in [0.25, 0.3) is 5.91 Å². The van der Waals surface area contributed by atoms with Crippen LogP contribution in [-0.4, -0.2) is 46.8 Å². The van der Waals surface area contributed by atoms with Crippen LogP contribution < -0.4 is 19.7 Å². The largest absolute Gasteiger partial charge is 0.486 e. The van der Waals surface area contributed by atoms with Crippen LogP contribution in [0.1, 0.15) is 24.9 Å². The monoisotopic (exact) mass is 536 g/mol. The molecule has 0 saturated carbocycles. The van der Waals surface area contributed by atoms with Gasteiger partial charge in [-0.25, -0.2) is 9.07 Å². The first-order chi connectivity index (χ1) is 18.7. The topological polar surface area (TPSA) is 85.7 Å². The number of ether oxygens (including phenoxy) is 2. The third-order valence-electron chi connectivity index (χ3n) is 6.85. The number of aromatic nitrogens is 2. The minimum atomic E-state index is -3.61. The van der Waals surface area contributed by atoms with Gasteiger partial charge in [0.05, 0.1) is 29.5 Å². The maximum Gasteiger partial charge on any atom is 0.321 e. The van der Waals surface area contributed by atoms with Gasteiger partial charge in [-0.05, 0) is 60.2 Å². The summed E-state index contributed by atoms with van der Waals surface area (Å²) in [6, 6.07) is 14.6. The zero-order chi connectivity index (χ0) is 27.3. The van der Waals surface area contributed by atoms with E-state index in [1.54, 1.807) is 59.4 Å². The number of nitrogens with one attached hydrogen (secondary N) is 1. The fourth-order valence-electron chi connectivity index (χ4n) is 5.05. The van der Waals surface area contributed by atoms with E-state index in [2.05, 4.69) is 10.4 Å². The maximum absolute atomic E-state index is 13.8. The summed E-state index contributed by atoms with van der Waals surface area (Å²) < 4.78 is 54.0. The first-order valence-electron chi connectivity index (χ1n) is 12.3. The van der Waals surface area contributed by atoms with Crippen molar-refractivity contribution >= 4 is 28.4 Å². The van der Waals surface area contributed by atoms with Gasteiger partial charge in [0.2, 0.25) is 5.91 Å². The number of carbonyl (C=O) groups is 2. The Labute approximate surface area is 220 Å². The molecule has 2 unspecified atom stereocenters. The van der Waals surface area contributed by atoms with E-state index in [1.165, 1.54) is 17.0 Å². The van der Waals surface area contributed by atoms with Gasteiger partial charge in [0.1, 0.15) is 19.0 Å². The molecule has 6 rings (SSSR count). The Morgan fingerprint density at radius 1 is 1.00 bits per heavy atom. The van der Waals surface area contributed by atoms with E-state index in [9.17, 15) is 22.8 Å². The first-order valence-corrected chi connectivity index (χ1v) is 12.3. The number of carbonyl (C=O) groups excluding carboxylic acids is 2. The molecule has 200 valence electrons. The summed E-state index contributed by atoms with van der Waals surface area (Å²) >= 11 is 0. The van der Waals surface area contributed by atoms with E-state index in [-0.39, 0.29) is 18.1 Å². The average molecular weight is 537 g/mol. The van der Waals surface area contributed by atoms with Crippen LogP contribution in [0, 0.1) is 5.82 Å². The zero-order valence-electron chi connectivity index (χ0n) is 20.7. The molecule has 0 spiro atoms. The van der Waals surface area contributed by atoms with E-state index in [4.69, 9.17) is 9.47 Å². The molecule has 4 aromatic rings. The van der Waals surface area contributed by atoms with Crippen molar-refractivity contribution in [3.8, 4) is 17.2 Å². The number of amides is 2. The first kappa shape index (κ1) is 24.8. The van der Waals surface area contributed by atoms with Crippen LogP contribution in [0.25, 0.3) is 16.6 Å². The number of hydrogen-bond acceptors (Lipinski definition) is 5. The maximum atomic E-state index is 13.8. The van der Waals surface area contributed by atoms with Crippen LogP contribution in [0.5, 0.6) is 11.5 Å². The highest BCUT2D eigenvalue weighted by atomic mass is 19.3. The standard InChI is InChI=1S/C28H23F3N4O4/c1-28(30,31)27(37)33-21-14-25(36)34(26(21)16-2-9-23-24(13-16)39-11-10-38-23)20-7-8-22-17(12-20)15-32-35(22)19-5-3-18(29)4-6-19/h2-9,12-13,15,21,26H,10-11,14H2,1H3,(H,33,37). The second-order valence-corrected chi connectivity index (χ2v) is 9.56. The molecule has 11 heteroatoms. The summed E-state index contributed by atoms with van der Waals surface area (Å²) in [6.45, 7) is 1.26. The Morgan fingerprint density at radius 3 is 2.46 bits per heavy atom. The Balaban J connectivity index is 1.40. The Kier molecular flexibility index (Phi) is 5.93. The summed E-state index contributed by atoms with van der Waals surface area (Å²) in [5.41, 5.74) is 2.49. The van der Waals surface area contributed by atoms with Crippen LogP contribution in [0.2, 0.25) is 0 Å². The fourth-order valence-corrected chi connectivity index (χ4v) is 5.05. The predicted molar refractivity (Wildman–Crippen MR) is 136 cm³/mol. The molecular weight excluding hydrogens is 513 g/mol. The second kappa shape index (κ2) is 9.33. The van der Waals surface area contributed by atoms with Crippen molar-refractivity contribution in [2.45, 2.75) is 31.4 Å². The minimum absolute atomic E-state index is 0.173. The van der Waals surface area contributed by atoms with E-state index < -0.39 is 23.9 Å². The molecule has 2 amide bonds.